The van der Waals surface area contributed by atoms with Crippen LogP contribution in [-0.2, 0) is 26.4 Å². The summed E-state index contributed by atoms with van der Waals surface area (Å²) >= 11 is 0. The number of fused-ring (bicyclic) bond motifs is 1. The summed E-state index contributed by atoms with van der Waals surface area (Å²) in [6, 6.07) is 48.0. The summed E-state index contributed by atoms with van der Waals surface area (Å²) in [7, 11) is -5.63. The highest BCUT2D eigenvalue weighted by molar-refractivity contribution is 7.00. The van der Waals surface area contributed by atoms with Crippen molar-refractivity contribution in [3.05, 3.63) is 145 Å². The second-order valence-corrected chi connectivity index (χ2v) is 27.8. The Kier molecular flexibility index (Phi) is 13.9. The van der Waals surface area contributed by atoms with Crippen LogP contribution in [0.3, 0.4) is 0 Å². The molecule has 1 aliphatic rings. The number of carbonyl (C=O) groups is 1. The maximum Gasteiger partial charge on any atom is 0.416 e. The van der Waals surface area contributed by atoms with Crippen LogP contribution in [0.4, 0.5) is 10.6 Å². The molecule has 0 atom stereocenters. The number of anilines is 1. The number of nitrogens with zero attached hydrogens (tertiary/aromatic N) is 2. The Morgan fingerprint density at radius 1 is 0.627 bits per heavy atom. The second kappa shape index (κ2) is 18.5. The number of aryl methyl sites for hydroxylation is 2. The molecule has 1 aliphatic heterocycles. The number of aromatic nitrogens is 1. The molecule has 0 bridgehead atoms. The average molecular weight is 827 g/mol. The molecule has 5 aromatic rings. The van der Waals surface area contributed by atoms with Crippen LogP contribution in [-0.4, -0.2) is 53.1 Å². The van der Waals surface area contributed by atoms with Crippen molar-refractivity contribution in [3.63, 3.8) is 0 Å². The first-order valence-corrected chi connectivity index (χ1v) is 25.4. The summed E-state index contributed by atoms with van der Waals surface area (Å²) in [5.74, 6) is 0.846. The van der Waals surface area contributed by atoms with E-state index in [-0.39, 0.29) is 22.1 Å². The van der Waals surface area contributed by atoms with Gasteiger partial charge >= 0.3 is 6.09 Å². The Hall–Kier alpha value is -4.35. The highest BCUT2D eigenvalue weighted by Gasteiger charge is 2.52. The second-order valence-electron chi connectivity index (χ2n) is 19.2. The minimum absolute atomic E-state index is 0.106. The lowest BCUT2D eigenvalue weighted by Crippen LogP contribution is -2.67. The molecule has 0 saturated carbocycles. The number of hydrogen-bond acceptors (Lipinski definition) is 5. The minimum Gasteiger partial charge on any atom is -0.443 e. The van der Waals surface area contributed by atoms with Crippen molar-refractivity contribution in [3.8, 4) is 0 Å². The van der Waals surface area contributed by atoms with Gasteiger partial charge in [-0.15, -0.1) is 0 Å². The molecule has 8 heteroatoms. The monoisotopic (exact) mass is 826 g/mol. The van der Waals surface area contributed by atoms with Gasteiger partial charge in [-0.25, -0.2) is 9.78 Å². The number of ether oxygens (including phenoxy) is 1. The lowest BCUT2D eigenvalue weighted by atomic mass is 10.0. The first-order valence-electron chi connectivity index (χ1n) is 21.5. The van der Waals surface area contributed by atoms with Crippen molar-refractivity contribution in [2.75, 3.05) is 24.7 Å². The molecule has 1 aromatic heterocycles. The van der Waals surface area contributed by atoms with Crippen LogP contribution in [0, 0.1) is 5.92 Å². The van der Waals surface area contributed by atoms with Crippen molar-refractivity contribution >= 4 is 49.3 Å². The zero-order chi connectivity index (χ0) is 42.3. The van der Waals surface area contributed by atoms with Crippen LogP contribution in [0.2, 0.25) is 10.1 Å². The molecular weight excluding hydrogens is 761 g/mol. The van der Waals surface area contributed by atoms with E-state index >= 15 is 0 Å². The van der Waals surface area contributed by atoms with Gasteiger partial charge in [0.15, 0.2) is 0 Å². The minimum atomic E-state index is -2.81. The highest BCUT2D eigenvalue weighted by Crippen LogP contribution is 2.39. The van der Waals surface area contributed by atoms with Gasteiger partial charge in [-0.05, 0) is 95.3 Å². The van der Waals surface area contributed by atoms with Gasteiger partial charge in [0.2, 0.25) is 0 Å². The van der Waals surface area contributed by atoms with E-state index in [0.29, 0.717) is 19.8 Å². The Morgan fingerprint density at radius 2 is 1.05 bits per heavy atom. The van der Waals surface area contributed by atoms with E-state index in [9.17, 15) is 4.79 Å². The van der Waals surface area contributed by atoms with Gasteiger partial charge in [0.25, 0.3) is 16.6 Å². The normalized spacial score (nSPS) is 14.0. The molecular formula is C51H66N2O4Si2. The van der Waals surface area contributed by atoms with Crippen molar-refractivity contribution in [2.24, 2.45) is 5.92 Å². The Balaban J connectivity index is 1.34. The lowest BCUT2D eigenvalue weighted by Gasteiger charge is -2.45. The van der Waals surface area contributed by atoms with E-state index in [2.05, 4.69) is 175 Å². The molecule has 312 valence electrons. The number of benzene rings is 4. The third-order valence-corrected chi connectivity index (χ3v) is 21.7. The Bertz CT molecular complexity index is 1910. The van der Waals surface area contributed by atoms with E-state index in [1.807, 2.05) is 20.8 Å². The van der Waals surface area contributed by atoms with E-state index in [1.54, 1.807) is 4.90 Å². The van der Waals surface area contributed by atoms with Crippen LogP contribution >= 0.6 is 0 Å². The average Bonchev–Trinajstić information content (AvgIpc) is 3.20. The summed E-state index contributed by atoms with van der Waals surface area (Å²) in [5.41, 5.74) is 1.51. The SMILES string of the molecule is CC(C)(C)OC(=O)N1CCCc2ccc(CCCC(CO[Si](c3ccccc3)(c3ccccc3)C(C)(C)C)CO[Si](c3ccccc3)(c3ccccc3)C(C)(C)C)nc21. The molecule has 2 heterocycles. The van der Waals surface area contributed by atoms with Gasteiger partial charge in [-0.2, -0.15) is 0 Å². The standard InChI is InChI=1S/C51H66N2O4Si2/c1-49(2,3)57-48(54)53-37-23-25-41-35-36-42(52-47(41)53)26-22-24-40(38-55-58(50(4,5)6,43-27-14-10-15-28-43)44-29-16-11-17-30-44)39-56-59(51(7,8)9,45-31-18-12-19-32-45)46-33-20-13-21-34-46/h10-21,27-36,40H,22-26,37-39H2,1-9H3. The third-order valence-electron chi connectivity index (χ3n) is 11.7. The largest absolute Gasteiger partial charge is 0.443 e. The van der Waals surface area contributed by atoms with Gasteiger partial charge < -0.3 is 13.6 Å². The molecule has 0 spiro atoms. The fourth-order valence-corrected chi connectivity index (χ4v) is 18.2. The third kappa shape index (κ3) is 10.00. The van der Waals surface area contributed by atoms with Crippen molar-refractivity contribution in [1.29, 1.82) is 0 Å². The van der Waals surface area contributed by atoms with Gasteiger partial charge in [-0.3, -0.25) is 4.90 Å². The molecule has 0 unspecified atom stereocenters. The fraction of sp³-hybridized carbons (Fsp3) is 0.412. The number of hydrogen-bond donors (Lipinski definition) is 0. The molecule has 1 amide bonds. The molecule has 0 radical (unpaired) electrons. The summed E-state index contributed by atoms with van der Waals surface area (Å²) in [5, 5.41) is 4.81. The lowest BCUT2D eigenvalue weighted by molar-refractivity contribution is 0.0576. The topological polar surface area (TPSA) is 60.9 Å². The predicted molar refractivity (Wildman–Crippen MR) is 250 cm³/mol. The summed E-state index contributed by atoms with van der Waals surface area (Å²) in [6.45, 7) is 21.5. The van der Waals surface area contributed by atoms with Crippen LogP contribution in [0.5, 0.6) is 0 Å². The van der Waals surface area contributed by atoms with E-state index in [0.717, 1.165) is 49.2 Å². The van der Waals surface area contributed by atoms with Crippen LogP contribution in [0.15, 0.2) is 133 Å². The summed E-state index contributed by atoms with van der Waals surface area (Å²) < 4.78 is 21.1. The Labute approximate surface area is 356 Å². The van der Waals surface area contributed by atoms with Gasteiger partial charge in [-0.1, -0.05) is 169 Å². The van der Waals surface area contributed by atoms with Crippen molar-refractivity contribution in [1.82, 2.24) is 4.98 Å². The predicted octanol–water partition coefficient (Wildman–Crippen LogP) is 9.86. The molecule has 4 aromatic carbocycles. The molecule has 0 N–H and O–H groups in total. The maximum absolute atomic E-state index is 13.3. The quantitative estimate of drug-likeness (QED) is 0.104. The zero-order valence-corrected chi connectivity index (χ0v) is 39.0. The number of rotatable bonds is 14. The van der Waals surface area contributed by atoms with E-state index in [4.69, 9.17) is 18.6 Å². The smallest absolute Gasteiger partial charge is 0.416 e. The first kappa shape index (κ1) is 44.2. The summed E-state index contributed by atoms with van der Waals surface area (Å²) in [4.78, 5) is 20.1. The van der Waals surface area contributed by atoms with Gasteiger partial charge in [0, 0.05) is 31.4 Å². The maximum atomic E-state index is 13.3. The van der Waals surface area contributed by atoms with Crippen LogP contribution in [0.25, 0.3) is 0 Å². The number of carbonyl (C=O) groups excluding carboxylic acids is 1. The van der Waals surface area contributed by atoms with E-state index in [1.165, 1.54) is 20.7 Å². The molecule has 6 nitrogen and oxygen atoms in total. The molecule has 6 rings (SSSR count). The summed E-state index contributed by atoms with van der Waals surface area (Å²) in [6.07, 6.45) is 4.05. The molecule has 0 aliphatic carbocycles. The van der Waals surface area contributed by atoms with E-state index < -0.39 is 22.2 Å². The fourth-order valence-electron chi connectivity index (χ4n) is 8.91. The Morgan fingerprint density at radius 3 is 1.44 bits per heavy atom. The zero-order valence-electron chi connectivity index (χ0n) is 37.0. The van der Waals surface area contributed by atoms with Crippen molar-refractivity contribution < 1.29 is 18.4 Å². The first-order chi connectivity index (χ1) is 28.0. The highest BCUT2D eigenvalue weighted by atomic mass is 28.4. The van der Waals surface area contributed by atoms with Crippen molar-refractivity contribution in [2.45, 2.75) is 110 Å². The van der Waals surface area contributed by atoms with Crippen LogP contribution < -0.4 is 25.6 Å². The van der Waals surface area contributed by atoms with Gasteiger partial charge in [0.05, 0.1) is 0 Å². The molecule has 59 heavy (non-hydrogen) atoms. The number of amides is 1. The molecule has 0 fully saturated rings. The van der Waals surface area contributed by atoms with Gasteiger partial charge in [0.1, 0.15) is 11.4 Å². The molecule has 0 saturated heterocycles. The number of pyridine rings is 1. The van der Waals surface area contributed by atoms with Crippen LogP contribution in [0.1, 0.15) is 92.8 Å².